The van der Waals surface area contributed by atoms with Gasteiger partial charge in [-0.25, -0.2) is 4.39 Å². The monoisotopic (exact) mass is 400 g/mol. The highest BCUT2D eigenvalue weighted by atomic mass is 19.1. The summed E-state index contributed by atoms with van der Waals surface area (Å²) in [6.07, 6.45) is 11.7. The standard InChI is InChI=1S/C9H14O.C7H7F.C6H8O.C4H8/c1-4-9(5-2)7-6-8(3)10;1-6-2-4-7(8)5-3-6;1-4-5(2)6(3)7;1-3-4-2/h4,6-7,10H,1,5H2,2-3H3;2-5H,1H3;4H,1-2H2,3H3;3-4H,1-2H3/b8-6+,9-7+;;;4-3-. The molecule has 0 aliphatic carbocycles. The van der Waals surface area contributed by atoms with Crippen LogP contribution in [0.3, 0.4) is 0 Å². The normalized spacial score (nSPS) is 10.3. The molecule has 0 saturated carbocycles. The van der Waals surface area contributed by atoms with Crippen LogP contribution < -0.4 is 0 Å². The lowest BCUT2D eigenvalue weighted by Crippen LogP contribution is -1.88. The molecule has 2 nitrogen and oxygen atoms in total. The molecular formula is C26H37FO2. The fourth-order valence-electron chi connectivity index (χ4n) is 1.23. The number of hydrogen-bond donors (Lipinski definition) is 1. The number of rotatable bonds is 5. The number of carbonyl (C=O) groups excluding carboxylic acids is 1. The van der Waals surface area contributed by atoms with Crippen molar-refractivity contribution in [3.8, 4) is 0 Å². The summed E-state index contributed by atoms with van der Waals surface area (Å²) < 4.78 is 12.1. The Labute approximate surface area is 177 Å². The molecule has 0 aromatic heterocycles. The van der Waals surface area contributed by atoms with Crippen LogP contribution in [0.5, 0.6) is 0 Å². The number of benzene rings is 1. The highest BCUT2D eigenvalue weighted by Crippen LogP contribution is 2.01. The number of carbonyl (C=O) groups is 1. The molecule has 160 valence electrons. The number of hydrogen-bond acceptors (Lipinski definition) is 2. The van der Waals surface area contributed by atoms with Crippen LogP contribution in [0.4, 0.5) is 4.39 Å². The van der Waals surface area contributed by atoms with Gasteiger partial charge in [-0.05, 0) is 64.8 Å². The smallest absolute Gasteiger partial charge is 0.159 e. The molecule has 0 atom stereocenters. The Morgan fingerprint density at radius 3 is 1.72 bits per heavy atom. The van der Waals surface area contributed by atoms with Crippen LogP contribution in [-0.2, 0) is 4.79 Å². The van der Waals surface area contributed by atoms with Crippen LogP contribution in [0.1, 0.15) is 46.6 Å². The number of aliphatic hydroxyl groups is 1. The first kappa shape index (κ1) is 30.8. The van der Waals surface area contributed by atoms with Gasteiger partial charge >= 0.3 is 0 Å². The molecule has 0 fully saturated rings. The highest BCUT2D eigenvalue weighted by Gasteiger charge is 1.89. The quantitative estimate of drug-likeness (QED) is 0.235. The van der Waals surface area contributed by atoms with Gasteiger partial charge < -0.3 is 5.11 Å². The average molecular weight is 401 g/mol. The van der Waals surface area contributed by atoms with Gasteiger partial charge in [-0.15, -0.1) is 0 Å². The van der Waals surface area contributed by atoms with E-state index in [-0.39, 0.29) is 11.6 Å². The molecular weight excluding hydrogens is 363 g/mol. The topological polar surface area (TPSA) is 37.3 Å². The van der Waals surface area contributed by atoms with Gasteiger partial charge in [-0.3, -0.25) is 4.79 Å². The maximum atomic E-state index is 12.1. The van der Waals surface area contributed by atoms with Crippen molar-refractivity contribution in [3.05, 3.63) is 109 Å². The molecule has 3 heteroatoms. The fourth-order valence-corrected chi connectivity index (χ4v) is 1.23. The molecule has 1 N–H and O–H groups in total. The Balaban J connectivity index is -0.000000324. The Hall–Kier alpha value is -2.94. The van der Waals surface area contributed by atoms with Crippen molar-refractivity contribution in [2.24, 2.45) is 0 Å². The van der Waals surface area contributed by atoms with Gasteiger partial charge in [-0.1, -0.05) is 74.7 Å². The minimum atomic E-state index is -0.171. The van der Waals surface area contributed by atoms with Crippen molar-refractivity contribution in [2.45, 2.75) is 48.0 Å². The van der Waals surface area contributed by atoms with Gasteiger partial charge in [0, 0.05) is 5.57 Å². The van der Waals surface area contributed by atoms with E-state index in [0.717, 1.165) is 17.6 Å². The number of Topliss-reactive ketones (excluding diaryl/α,β-unsaturated/α-hetero) is 1. The molecule has 0 bridgehead atoms. The van der Waals surface area contributed by atoms with E-state index in [4.69, 9.17) is 5.11 Å². The van der Waals surface area contributed by atoms with Gasteiger partial charge in [0.15, 0.2) is 5.78 Å². The highest BCUT2D eigenvalue weighted by molar-refractivity contribution is 5.95. The number of allylic oxidation sites excluding steroid dienone is 9. The first-order valence-corrected chi connectivity index (χ1v) is 9.39. The lowest BCUT2D eigenvalue weighted by Gasteiger charge is -1.91. The van der Waals surface area contributed by atoms with Crippen molar-refractivity contribution in [1.29, 1.82) is 0 Å². The van der Waals surface area contributed by atoms with Crippen LogP contribution in [0.15, 0.2) is 97.4 Å². The molecule has 0 radical (unpaired) electrons. The zero-order valence-electron chi connectivity index (χ0n) is 18.8. The van der Waals surface area contributed by atoms with Crippen molar-refractivity contribution >= 4 is 5.78 Å². The summed E-state index contributed by atoms with van der Waals surface area (Å²) in [5.41, 5.74) is 2.69. The molecule has 1 rings (SSSR count). The summed E-state index contributed by atoms with van der Waals surface area (Å²) in [6.45, 7) is 21.5. The molecule has 29 heavy (non-hydrogen) atoms. The van der Waals surface area contributed by atoms with Crippen molar-refractivity contribution in [2.75, 3.05) is 0 Å². The third-order valence-electron chi connectivity index (χ3n) is 3.25. The molecule has 0 heterocycles. The van der Waals surface area contributed by atoms with E-state index in [0.29, 0.717) is 11.3 Å². The maximum absolute atomic E-state index is 12.1. The summed E-state index contributed by atoms with van der Waals surface area (Å²) in [6, 6.07) is 6.40. The predicted molar refractivity (Wildman–Crippen MR) is 127 cm³/mol. The molecule has 0 aliphatic heterocycles. The van der Waals surface area contributed by atoms with E-state index in [1.807, 2.05) is 45.9 Å². The zero-order valence-corrected chi connectivity index (χ0v) is 18.8. The average Bonchev–Trinajstić information content (AvgIpc) is 2.71. The molecule has 0 aliphatic rings. The third kappa shape index (κ3) is 25.1. The van der Waals surface area contributed by atoms with Crippen LogP contribution in [0.25, 0.3) is 0 Å². The molecule has 0 amide bonds. The Morgan fingerprint density at radius 2 is 1.52 bits per heavy atom. The molecule has 0 saturated heterocycles. The number of ketones is 1. The fraction of sp³-hybridized carbons (Fsp3) is 0.269. The Kier molecular flexibility index (Phi) is 22.7. The van der Waals surface area contributed by atoms with E-state index in [1.54, 1.807) is 31.2 Å². The van der Waals surface area contributed by atoms with E-state index >= 15 is 0 Å². The number of aliphatic hydroxyl groups excluding tert-OH is 1. The summed E-state index contributed by atoms with van der Waals surface area (Å²) in [5.74, 6) is 0.137. The second kappa shape index (κ2) is 21.4. The molecule has 1 aromatic rings. The van der Waals surface area contributed by atoms with Gasteiger partial charge in [0.2, 0.25) is 0 Å². The second-order valence-corrected chi connectivity index (χ2v) is 5.86. The number of aryl methyl sites for hydroxylation is 1. The maximum Gasteiger partial charge on any atom is 0.159 e. The van der Waals surface area contributed by atoms with Gasteiger partial charge in [0.25, 0.3) is 0 Å². The zero-order chi connectivity index (χ0) is 23.2. The summed E-state index contributed by atoms with van der Waals surface area (Å²) in [5, 5.41) is 8.77. The SMILES string of the molecule is C/C=C\C.C=C/C(=C\C=C(/C)O)CC.C=CC(=C)C(C)=O.Cc1ccc(F)cc1. The van der Waals surface area contributed by atoms with Crippen LogP contribution >= 0.6 is 0 Å². The van der Waals surface area contributed by atoms with E-state index < -0.39 is 0 Å². The molecule has 0 spiro atoms. The van der Waals surface area contributed by atoms with Crippen molar-refractivity contribution in [3.63, 3.8) is 0 Å². The minimum absolute atomic E-state index is 0.0185. The largest absolute Gasteiger partial charge is 0.513 e. The molecule has 1 aromatic carbocycles. The summed E-state index contributed by atoms with van der Waals surface area (Å²) in [7, 11) is 0. The van der Waals surface area contributed by atoms with Crippen LogP contribution in [0, 0.1) is 12.7 Å². The third-order valence-corrected chi connectivity index (χ3v) is 3.25. The van der Waals surface area contributed by atoms with Crippen molar-refractivity contribution in [1.82, 2.24) is 0 Å². The van der Waals surface area contributed by atoms with Gasteiger partial charge in [-0.2, -0.15) is 0 Å². The van der Waals surface area contributed by atoms with Crippen LogP contribution in [0.2, 0.25) is 0 Å². The lowest BCUT2D eigenvalue weighted by molar-refractivity contribution is -0.113. The second-order valence-electron chi connectivity index (χ2n) is 5.86. The Bertz CT molecular complexity index is 661. The van der Waals surface area contributed by atoms with Crippen molar-refractivity contribution < 1.29 is 14.3 Å². The Morgan fingerprint density at radius 1 is 1.03 bits per heavy atom. The summed E-state index contributed by atoms with van der Waals surface area (Å²) >= 11 is 0. The lowest BCUT2D eigenvalue weighted by atomic mass is 10.2. The first-order valence-electron chi connectivity index (χ1n) is 9.39. The number of halogens is 1. The van der Waals surface area contributed by atoms with E-state index in [9.17, 15) is 9.18 Å². The van der Waals surface area contributed by atoms with E-state index in [2.05, 4.69) is 19.7 Å². The predicted octanol–water partition coefficient (Wildman–Crippen LogP) is 8.00. The van der Waals surface area contributed by atoms with Crippen LogP contribution in [-0.4, -0.2) is 10.9 Å². The minimum Gasteiger partial charge on any atom is -0.513 e. The van der Waals surface area contributed by atoms with Gasteiger partial charge in [0.05, 0.1) is 5.76 Å². The summed E-state index contributed by atoms with van der Waals surface area (Å²) in [4.78, 5) is 10.2. The first-order chi connectivity index (χ1) is 13.6. The van der Waals surface area contributed by atoms with Gasteiger partial charge in [0.1, 0.15) is 5.82 Å². The van der Waals surface area contributed by atoms with E-state index in [1.165, 1.54) is 25.1 Å². The molecule has 0 unspecified atom stereocenters.